The summed E-state index contributed by atoms with van der Waals surface area (Å²) in [4.78, 5) is 14.8. The third-order valence-corrected chi connectivity index (χ3v) is 9.03. The second-order valence-corrected chi connectivity index (χ2v) is 11.9. The van der Waals surface area contributed by atoms with Gasteiger partial charge in [0.15, 0.2) is 0 Å². The van der Waals surface area contributed by atoms with Crippen molar-refractivity contribution in [2.24, 2.45) is 5.10 Å². The maximum atomic E-state index is 13.0. The van der Waals surface area contributed by atoms with Crippen molar-refractivity contribution in [3.8, 4) is 0 Å². The van der Waals surface area contributed by atoms with Gasteiger partial charge in [0.25, 0.3) is 15.9 Å². The zero-order valence-electron chi connectivity index (χ0n) is 19.8. The number of nitrogens with zero attached hydrogens (tertiary/aromatic N) is 1. The van der Waals surface area contributed by atoms with Crippen LogP contribution >= 0.6 is 35.0 Å². The van der Waals surface area contributed by atoms with Crippen LogP contribution in [-0.2, 0) is 10.0 Å². The zero-order valence-corrected chi connectivity index (χ0v) is 23.0. The summed E-state index contributed by atoms with van der Waals surface area (Å²) in [6.07, 6.45) is 0. The number of nitrogens with one attached hydrogen (secondary N) is 3. The van der Waals surface area contributed by atoms with Gasteiger partial charge in [-0.3, -0.25) is 9.52 Å². The Balaban J connectivity index is 1.33. The number of para-hydroxylation sites is 2. The maximum absolute atomic E-state index is 13.0. The third-order valence-electron chi connectivity index (χ3n) is 5.70. The Morgan fingerprint density at radius 3 is 2.37 bits per heavy atom. The SMILES string of the molecule is C/C(=N\NC(=O)c1ccc(Cl)c(S(=O)(=O)Nc2ccccc2Cl)c1)c1ccc2c(c1)Nc1ccccc1S2. The van der Waals surface area contributed by atoms with Crippen LogP contribution in [-0.4, -0.2) is 20.0 Å². The van der Waals surface area contributed by atoms with Gasteiger partial charge in [0, 0.05) is 15.4 Å². The molecular formula is C27H20Cl2N4O3S2. The van der Waals surface area contributed by atoms with Crippen LogP contribution in [0.15, 0.2) is 105 Å². The van der Waals surface area contributed by atoms with Gasteiger partial charge in [0.2, 0.25) is 0 Å². The highest BCUT2D eigenvalue weighted by molar-refractivity contribution is 7.99. The van der Waals surface area contributed by atoms with Crippen LogP contribution in [0.3, 0.4) is 0 Å². The minimum Gasteiger partial charge on any atom is -0.354 e. The molecule has 1 heterocycles. The van der Waals surface area contributed by atoms with E-state index in [0.717, 1.165) is 26.7 Å². The van der Waals surface area contributed by atoms with Crippen LogP contribution in [0.5, 0.6) is 0 Å². The number of sulfonamides is 1. The molecule has 0 atom stereocenters. The number of rotatable bonds is 6. The molecule has 7 nitrogen and oxygen atoms in total. The van der Waals surface area contributed by atoms with Crippen LogP contribution in [0.1, 0.15) is 22.8 Å². The molecule has 38 heavy (non-hydrogen) atoms. The van der Waals surface area contributed by atoms with Crippen molar-refractivity contribution in [3.05, 3.63) is 106 Å². The number of carbonyl (C=O) groups excluding carboxylic acids is 1. The van der Waals surface area contributed by atoms with Gasteiger partial charge in [-0.2, -0.15) is 5.10 Å². The number of carbonyl (C=O) groups is 1. The van der Waals surface area contributed by atoms with Gasteiger partial charge in [-0.25, -0.2) is 13.8 Å². The van der Waals surface area contributed by atoms with Gasteiger partial charge in [-0.1, -0.05) is 65.3 Å². The standard InChI is InChI=1S/C27H20Cl2N4O3S2/c1-16(17-11-13-25-23(14-17)30-22-8-4-5-9-24(22)37-25)31-32-27(34)18-10-12-20(29)26(15-18)38(35,36)33-21-7-3-2-6-19(21)28/h2-15,30,33H,1H3,(H,32,34)/b31-16+. The first-order valence-corrected chi connectivity index (χ1v) is 14.4. The first kappa shape index (κ1) is 26.1. The average molecular weight is 584 g/mol. The molecule has 0 bridgehead atoms. The Bertz CT molecular complexity index is 1710. The molecule has 0 unspecified atom stereocenters. The summed E-state index contributed by atoms with van der Waals surface area (Å²) in [5.41, 5.74) is 6.14. The molecule has 1 aliphatic rings. The monoisotopic (exact) mass is 582 g/mol. The second-order valence-electron chi connectivity index (χ2n) is 8.30. The van der Waals surface area contributed by atoms with Crippen LogP contribution in [0, 0.1) is 0 Å². The average Bonchev–Trinajstić information content (AvgIpc) is 2.91. The van der Waals surface area contributed by atoms with Crippen molar-refractivity contribution in [1.29, 1.82) is 0 Å². The predicted octanol–water partition coefficient (Wildman–Crippen LogP) is 7.16. The fourth-order valence-corrected chi connectivity index (χ4v) is 6.54. The summed E-state index contributed by atoms with van der Waals surface area (Å²) < 4.78 is 28.3. The van der Waals surface area contributed by atoms with Crippen molar-refractivity contribution < 1.29 is 13.2 Å². The Morgan fingerprint density at radius 2 is 1.55 bits per heavy atom. The lowest BCUT2D eigenvalue weighted by Gasteiger charge is -2.21. The molecule has 1 amide bonds. The molecule has 0 fully saturated rings. The van der Waals surface area contributed by atoms with Gasteiger partial charge >= 0.3 is 0 Å². The van der Waals surface area contributed by atoms with Gasteiger partial charge < -0.3 is 5.32 Å². The summed E-state index contributed by atoms with van der Waals surface area (Å²) in [7, 11) is -4.12. The van der Waals surface area contributed by atoms with Crippen molar-refractivity contribution in [3.63, 3.8) is 0 Å². The molecule has 4 aromatic carbocycles. The largest absolute Gasteiger partial charge is 0.354 e. The van der Waals surface area contributed by atoms with E-state index in [9.17, 15) is 13.2 Å². The fourth-order valence-electron chi connectivity index (χ4n) is 3.72. The van der Waals surface area contributed by atoms with E-state index in [1.807, 2.05) is 36.4 Å². The molecular weight excluding hydrogens is 563 g/mol. The number of hydrazone groups is 1. The second kappa shape index (κ2) is 10.7. The molecule has 5 rings (SSSR count). The molecule has 1 aliphatic heterocycles. The summed E-state index contributed by atoms with van der Waals surface area (Å²) in [6.45, 7) is 1.77. The van der Waals surface area contributed by atoms with Gasteiger partial charge in [-0.05, 0) is 67.1 Å². The van der Waals surface area contributed by atoms with E-state index in [1.165, 1.54) is 24.3 Å². The summed E-state index contributed by atoms with van der Waals surface area (Å²) in [5, 5.41) is 7.84. The highest BCUT2D eigenvalue weighted by atomic mass is 35.5. The van der Waals surface area contributed by atoms with E-state index in [-0.39, 0.29) is 26.2 Å². The lowest BCUT2D eigenvalue weighted by molar-refractivity contribution is 0.0954. The van der Waals surface area contributed by atoms with E-state index in [1.54, 1.807) is 36.9 Å². The van der Waals surface area contributed by atoms with Gasteiger partial charge in [-0.15, -0.1) is 0 Å². The predicted molar refractivity (Wildman–Crippen MR) is 154 cm³/mol. The molecule has 0 spiro atoms. The number of hydrogen-bond acceptors (Lipinski definition) is 6. The number of halogens is 2. The van der Waals surface area contributed by atoms with E-state index in [2.05, 4.69) is 26.6 Å². The van der Waals surface area contributed by atoms with E-state index >= 15 is 0 Å². The van der Waals surface area contributed by atoms with E-state index < -0.39 is 15.9 Å². The van der Waals surface area contributed by atoms with Crippen LogP contribution in [0.2, 0.25) is 10.0 Å². The lowest BCUT2D eigenvalue weighted by Crippen LogP contribution is -2.20. The van der Waals surface area contributed by atoms with Crippen LogP contribution in [0.25, 0.3) is 0 Å². The highest BCUT2D eigenvalue weighted by Gasteiger charge is 2.22. The quantitative estimate of drug-likeness (QED) is 0.146. The summed E-state index contributed by atoms with van der Waals surface area (Å²) >= 11 is 13.9. The summed E-state index contributed by atoms with van der Waals surface area (Å²) in [6, 6.07) is 24.3. The van der Waals surface area contributed by atoms with E-state index in [0.29, 0.717) is 5.71 Å². The minimum atomic E-state index is -4.12. The van der Waals surface area contributed by atoms with Crippen LogP contribution in [0.4, 0.5) is 17.1 Å². The molecule has 192 valence electrons. The van der Waals surface area contributed by atoms with Crippen molar-refractivity contribution in [2.75, 3.05) is 10.0 Å². The zero-order chi connectivity index (χ0) is 26.9. The maximum Gasteiger partial charge on any atom is 0.271 e. The molecule has 0 saturated heterocycles. The Kier molecular flexibility index (Phi) is 7.36. The molecule has 0 saturated carbocycles. The van der Waals surface area contributed by atoms with Crippen molar-refractivity contribution >= 4 is 73.7 Å². The normalized spacial score (nSPS) is 12.7. The van der Waals surface area contributed by atoms with Crippen LogP contribution < -0.4 is 15.5 Å². The van der Waals surface area contributed by atoms with E-state index in [4.69, 9.17) is 23.2 Å². The fraction of sp³-hybridized carbons (Fsp3) is 0.0370. The molecule has 0 radical (unpaired) electrons. The number of fused-ring (bicyclic) bond motifs is 2. The molecule has 4 aromatic rings. The number of benzene rings is 4. The van der Waals surface area contributed by atoms with Gasteiger partial charge in [0.1, 0.15) is 4.90 Å². The Labute approximate surface area is 234 Å². The number of amides is 1. The van der Waals surface area contributed by atoms with Gasteiger partial charge in [0.05, 0.1) is 32.8 Å². The number of anilines is 3. The lowest BCUT2D eigenvalue weighted by atomic mass is 10.1. The first-order chi connectivity index (χ1) is 18.2. The molecule has 0 aromatic heterocycles. The Hall–Kier alpha value is -3.50. The molecule has 0 aliphatic carbocycles. The first-order valence-electron chi connectivity index (χ1n) is 11.3. The minimum absolute atomic E-state index is 0.0400. The molecule has 3 N–H and O–H groups in total. The smallest absolute Gasteiger partial charge is 0.271 e. The number of hydrogen-bond donors (Lipinski definition) is 3. The third kappa shape index (κ3) is 5.51. The highest BCUT2D eigenvalue weighted by Crippen LogP contribution is 2.44. The van der Waals surface area contributed by atoms with Crippen molar-refractivity contribution in [2.45, 2.75) is 21.6 Å². The summed E-state index contributed by atoms with van der Waals surface area (Å²) in [5.74, 6) is -0.587. The molecule has 11 heteroatoms. The van der Waals surface area contributed by atoms with Crippen molar-refractivity contribution in [1.82, 2.24) is 5.43 Å². The Morgan fingerprint density at radius 1 is 0.842 bits per heavy atom. The topological polar surface area (TPSA) is 99.7 Å².